The van der Waals surface area contributed by atoms with E-state index in [2.05, 4.69) is 40.7 Å². The van der Waals surface area contributed by atoms with E-state index in [1.807, 2.05) is 54.6 Å². The van der Waals surface area contributed by atoms with Crippen LogP contribution in [0.5, 0.6) is 5.75 Å². The van der Waals surface area contributed by atoms with Gasteiger partial charge in [-0.2, -0.15) is 13.2 Å². The minimum Gasteiger partial charge on any atom is -0.462 e. The summed E-state index contributed by atoms with van der Waals surface area (Å²) in [6.07, 6.45) is -2.61. The monoisotopic (exact) mass is 1170 g/mol. The zero-order chi connectivity index (χ0) is 57.5. The summed E-state index contributed by atoms with van der Waals surface area (Å²) >= 11 is 7.84. The van der Waals surface area contributed by atoms with Crippen LogP contribution in [-0.4, -0.2) is 152 Å². The molecule has 0 radical (unpaired) electrons. The number of hydrogen-bond donors (Lipinski definition) is 3. The van der Waals surface area contributed by atoms with Crippen molar-refractivity contribution in [3.8, 4) is 5.75 Å². The van der Waals surface area contributed by atoms with E-state index in [1.54, 1.807) is 61.2 Å². The number of morpholine rings is 1. The van der Waals surface area contributed by atoms with Crippen molar-refractivity contribution in [2.75, 3.05) is 76.2 Å². The van der Waals surface area contributed by atoms with E-state index < -0.39 is 56.9 Å². The molecule has 4 aliphatic rings. The maximum Gasteiger partial charge on any atom is 0.501 e. The third kappa shape index (κ3) is 15.6. The third-order valence-electron chi connectivity index (χ3n) is 16.1. The number of anilines is 1. The first-order valence-electron chi connectivity index (χ1n) is 27.9. The summed E-state index contributed by atoms with van der Waals surface area (Å²) in [5.74, 6) is 0.188. The van der Waals surface area contributed by atoms with Crippen molar-refractivity contribution < 1.29 is 55.9 Å². The summed E-state index contributed by atoms with van der Waals surface area (Å²) in [7, 11) is -5.85. The van der Waals surface area contributed by atoms with Gasteiger partial charge in [-0.1, -0.05) is 85.6 Å². The molecule has 3 aliphatic heterocycles. The van der Waals surface area contributed by atoms with Gasteiger partial charge in [0.15, 0.2) is 0 Å². The molecule has 2 unspecified atom stereocenters. The Balaban J connectivity index is 0.950. The van der Waals surface area contributed by atoms with Gasteiger partial charge < -0.3 is 39.3 Å². The predicted molar refractivity (Wildman–Crippen MR) is 310 cm³/mol. The highest BCUT2D eigenvalue weighted by Gasteiger charge is 2.48. The Morgan fingerprint density at radius 1 is 0.827 bits per heavy atom. The molecule has 5 aromatic rings. The van der Waals surface area contributed by atoms with E-state index >= 15 is 0 Å². The first kappa shape index (κ1) is 60.6. The van der Waals surface area contributed by atoms with Gasteiger partial charge in [0.05, 0.1) is 24.2 Å². The average molecular weight is 1180 g/mol. The maximum absolute atomic E-state index is 14.8. The van der Waals surface area contributed by atoms with Crippen LogP contribution in [0, 0.1) is 11.3 Å². The largest absolute Gasteiger partial charge is 0.501 e. The molecular weight excluding hydrogens is 1100 g/mol. The van der Waals surface area contributed by atoms with Gasteiger partial charge in [-0.15, -0.1) is 11.8 Å². The van der Waals surface area contributed by atoms with E-state index in [0.717, 1.165) is 86.7 Å². The molecule has 9 rings (SSSR count). The van der Waals surface area contributed by atoms with E-state index in [1.165, 1.54) is 27.7 Å². The molecule has 436 valence electrons. The standard InChI is InChI=1S/C62H74ClF3N4O9S2/c1-42-56(71)57(72)58(73)60(78-42)79-52-21-10-43(11-22-52)38-70(59(74)47-15-19-51(20-16-47)69-29-27-68(28-30-69)40-49-37-61(2,3)25-23-54(49)46-13-17-50(63)18-14-46)39-44-9-12-48(55(36-44)81(75,76)62(64,65)66)35-45(24-26-67-31-33-77-34-32-67)41-80-53-7-5-4-6-8-53/h4-22,36,42,45,56-58,60,71-73H,23-35,37-41H2,1-3H3/t42-,45?,56+,57+,58-,60?/m0/s1. The van der Waals surface area contributed by atoms with E-state index in [-0.39, 0.29) is 47.7 Å². The number of rotatable bonds is 20. The molecule has 0 bridgehead atoms. The number of carbonyl (C=O) groups excluding carboxylic acids is 1. The molecule has 1 aliphatic carbocycles. The molecule has 19 heteroatoms. The van der Waals surface area contributed by atoms with Gasteiger partial charge in [-0.25, -0.2) is 8.42 Å². The number of amides is 1. The summed E-state index contributed by atoms with van der Waals surface area (Å²) in [4.78, 5) is 23.5. The molecule has 3 saturated heterocycles. The van der Waals surface area contributed by atoms with Crippen molar-refractivity contribution in [1.29, 1.82) is 0 Å². The van der Waals surface area contributed by atoms with Gasteiger partial charge in [0, 0.05) is 85.8 Å². The second-order valence-corrected chi connectivity index (χ2v) is 26.1. The first-order valence-corrected chi connectivity index (χ1v) is 30.7. The summed E-state index contributed by atoms with van der Waals surface area (Å²) in [5.41, 5.74) is 0.864. The summed E-state index contributed by atoms with van der Waals surface area (Å²) in [6, 6.07) is 35.8. The topological polar surface area (TPSA) is 153 Å². The highest BCUT2D eigenvalue weighted by molar-refractivity contribution is 7.99. The van der Waals surface area contributed by atoms with E-state index in [0.29, 0.717) is 43.1 Å². The number of sulfone groups is 1. The van der Waals surface area contributed by atoms with Crippen LogP contribution in [0.15, 0.2) is 137 Å². The van der Waals surface area contributed by atoms with Gasteiger partial charge >= 0.3 is 5.51 Å². The Bertz CT molecular complexity index is 3030. The zero-order valence-electron chi connectivity index (χ0n) is 46.1. The van der Waals surface area contributed by atoms with Crippen molar-refractivity contribution in [1.82, 2.24) is 14.7 Å². The fourth-order valence-electron chi connectivity index (χ4n) is 11.3. The average Bonchev–Trinajstić information content (AvgIpc) is 3.66. The van der Waals surface area contributed by atoms with Gasteiger partial charge in [0.2, 0.25) is 6.29 Å². The SMILES string of the molecule is C[C@@H]1OC(Oc2ccc(CN(Cc3ccc(CC(CCN4CCOCC4)CSc4ccccc4)c(S(=O)(=O)C(F)(F)F)c3)C(=O)c3ccc(N4CCN(CC5=C(c6ccc(Cl)cc6)CCC(C)(C)C5)CC4)cc3)cc2)[C@@H](O)[C@H](O)[C@@H]1O. The summed E-state index contributed by atoms with van der Waals surface area (Å²) < 4.78 is 88.5. The van der Waals surface area contributed by atoms with Gasteiger partial charge in [0.1, 0.15) is 24.1 Å². The molecule has 13 nitrogen and oxygen atoms in total. The number of alkyl halides is 3. The Morgan fingerprint density at radius 3 is 2.17 bits per heavy atom. The van der Waals surface area contributed by atoms with Crippen LogP contribution in [0.3, 0.4) is 0 Å². The number of carbonyl (C=O) groups is 1. The van der Waals surface area contributed by atoms with Crippen molar-refractivity contribution in [2.24, 2.45) is 11.3 Å². The molecule has 0 spiro atoms. The minimum absolute atomic E-state index is 0.0376. The lowest BCUT2D eigenvalue weighted by Crippen LogP contribution is -2.58. The number of nitrogens with zero attached hydrogens (tertiary/aromatic N) is 4. The number of halogens is 4. The Labute approximate surface area is 483 Å². The number of thioether (sulfide) groups is 1. The van der Waals surface area contributed by atoms with Crippen molar-refractivity contribution in [3.05, 3.63) is 160 Å². The number of aliphatic hydroxyl groups is 3. The van der Waals surface area contributed by atoms with Crippen LogP contribution in [-0.2, 0) is 38.8 Å². The highest BCUT2D eigenvalue weighted by Crippen LogP contribution is 2.43. The van der Waals surface area contributed by atoms with Crippen LogP contribution in [0.4, 0.5) is 18.9 Å². The first-order chi connectivity index (χ1) is 38.7. The fourth-order valence-corrected chi connectivity index (χ4v) is 13.5. The van der Waals surface area contributed by atoms with Gasteiger partial charge in [0.25, 0.3) is 15.7 Å². The molecule has 81 heavy (non-hydrogen) atoms. The summed E-state index contributed by atoms with van der Waals surface area (Å²) in [6.45, 7) is 13.4. The molecule has 1 amide bonds. The van der Waals surface area contributed by atoms with Crippen molar-refractivity contribution in [3.63, 3.8) is 0 Å². The second kappa shape index (κ2) is 26.7. The zero-order valence-corrected chi connectivity index (χ0v) is 48.5. The van der Waals surface area contributed by atoms with Crippen LogP contribution in [0.25, 0.3) is 5.57 Å². The molecule has 3 N–H and O–H groups in total. The van der Waals surface area contributed by atoms with Crippen LogP contribution in [0.1, 0.15) is 79.1 Å². The number of aliphatic hydroxyl groups excluding tert-OH is 3. The number of allylic oxidation sites excluding steroid dienone is 1. The molecule has 5 aromatic carbocycles. The second-order valence-electron chi connectivity index (χ2n) is 22.7. The number of benzene rings is 5. The van der Waals surface area contributed by atoms with E-state index in [9.17, 15) is 41.7 Å². The lowest BCUT2D eigenvalue weighted by atomic mass is 9.73. The summed E-state index contributed by atoms with van der Waals surface area (Å²) in [5, 5.41) is 31.8. The Kier molecular flexibility index (Phi) is 20.0. The molecular formula is C62H74ClF3N4O9S2. The van der Waals surface area contributed by atoms with E-state index in [4.69, 9.17) is 25.8 Å². The molecule has 3 fully saturated rings. The quantitative estimate of drug-likeness (QED) is 0.0635. The third-order valence-corrected chi connectivity index (χ3v) is 19.1. The molecule has 6 atom stereocenters. The number of piperazine rings is 1. The Morgan fingerprint density at radius 2 is 1.49 bits per heavy atom. The number of hydrogen-bond acceptors (Lipinski definition) is 13. The molecule has 0 saturated carbocycles. The normalized spacial score (nSPS) is 22.6. The van der Waals surface area contributed by atoms with Crippen LogP contribution < -0.4 is 9.64 Å². The van der Waals surface area contributed by atoms with Crippen molar-refractivity contribution >= 4 is 50.4 Å². The smallest absolute Gasteiger partial charge is 0.462 e. The maximum atomic E-state index is 14.8. The lowest BCUT2D eigenvalue weighted by Gasteiger charge is -2.39. The Hall–Kier alpha value is -4.99. The molecule has 0 aromatic heterocycles. The van der Waals surface area contributed by atoms with Gasteiger partial charge in [-0.3, -0.25) is 14.6 Å². The predicted octanol–water partition coefficient (Wildman–Crippen LogP) is 10.1. The number of ether oxygens (including phenoxy) is 3. The van der Waals surface area contributed by atoms with Crippen LogP contribution in [0.2, 0.25) is 5.02 Å². The van der Waals surface area contributed by atoms with Gasteiger partial charge in [-0.05, 0) is 151 Å². The van der Waals surface area contributed by atoms with Crippen molar-refractivity contribution in [2.45, 2.75) is 112 Å². The minimum atomic E-state index is -5.85. The highest BCUT2D eigenvalue weighted by atomic mass is 35.5. The molecule has 3 heterocycles. The van der Waals surface area contributed by atoms with Crippen LogP contribution >= 0.6 is 23.4 Å². The lowest BCUT2D eigenvalue weighted by molar-refractivity contribution is -0.268. The fraction of sp³-hybridized carbons (Fsp3) is 0.468.